The second kappa shape index (κ2) is 12.0. The number of hydrogen-bond acceptors (Lipinski definition) is 4. The Morgan fingerprint density at radius 2 is 1.75 bits per heavy atom. The van der Waals surface area contributed by atoms with Crippen molar-refractivity contribution in [3.8, 4) is 5.75 Å². The minimum atomic E-state index is -0.357. The Kier molecular flexibility index (Phi) is 8.83. The zero-order chi connectivity index (χ0) is 22.8. The molecule has 0 heterocycles. The Morgan fingerprint density at radius 3 is 2.50 bits per heavy atom. The highest BCUT2D eigenvalue weighted by Crippen LogP contribution is 2.26. The van der Waals surface area contributed by atoms with Crippen molar-refractivity contribution in [2.45, 2.75) is 19.4 Å². The monoisotopic (exact) mass is 513 g/mol. The zero-order valence-corrected chi connectivity index (χ0v) is 19.4. The minimum absolute atomic E-state index is 0.0136. The van der Waals surface area contributed by atoms with Gasteiger partial charge in [-0.25, -0.2) is 5.43 Å². The molecule has 8 heteroatoms. The molecule has 0 atom stereocenters. The maximum atomic E-state index is 11.9. The molecule has 0 radical (unpaired) electrons. The summed E-state index contributed by atoms with van der Waals surface area (Å²) in [7, 11) is 0. The summed E-state index contributed by atoms with van der Waals surface area (Å²) in [5.41, 5.74) is 4.87. The van der Waals surface area contributed by atoms with Crippen molar-refractivity contribution in [2.75, 3.05) is 5.32 Å². The number of nitrogens with one attached hydrogen (secondary N) is 2. The number of rotatable bonds is 9. The lowest BCUT2D eigenvalue weighted by Gasteiger charge is -2.09. The van der Waals surface area contributed by atoms with Crippen LogP contribution in [0.25, 0.3) is 0 Å². The fraction of sp³-hybridized carbons (Fsp3) is 0.125. The molecule has 0 aliphatic carbocycles. The fourth-order valence-corrected chi connectivity index (χ4v) is 3.40. The van der Waals surface area contributed by atoms with Gasteiger partial charge in [0.2, 0.25) is 11.8 Å². The van der Waals surface area contributed by atoms with E-state index >= 15 is 0 Å². The van der Waals surface area contributed by atoms with Crippen LogP contribution in [0, 0.1) is 0 Å². The highest BCUT2D eigenvalue weighted by atomic mass is 79.9. The first-order valence-corrected chi connectivity index (χ1v) is 11.0. The van der Waals surface area contributed by atoms with E-state index in [0.717, 1.165) is 15.6 Å². The van der Waals surface area contributed by atoms with E-state index in [1.165, 1.54) is 6.21 Å². The molecule has 0 aliphatic heterocycles. The van der Waals surface area contributed by atoms with Crippen molar-refractivity contribution in [1.82, 2.24) is 5.43 Å². The molecule has 2 amide bonds. The normalized spacial score (nSPS) is 10.7. The van der Waals surface area contributed by atoms with Crippen LogP contribution in [0.4, 0.5) is 5.69 Å². The molecular weight excluding hydrogens is 494 g/mol. The van der Waals surface area contributed by atoms with E-state index < -0.39 is 0 Å². The molecule has 32 heavy (non-hydrogen) atoms. The zero-order valence-electron chi connectivity index (χ0n) is 17.1. The van der Waals surface area contributed by atoms with Gasteiger partial charge in [-0.1, -0.05) is 48.0 Å². The number of halogens is 2. The van der Waals surface area contributed by atoms with Gasteiger partial charge in [0.05, 0.1) is 10.7 Å². The molecule has 0 fully saturated rings. The molecule has 3 rings (SSSR count). The number of anilines is 1. The lowest BCUT2D eigenvalue weighted by molar-refractivity contribution is -0.124. The third-order valence-electron chi connectivity index (χ3n) is 4.28. The summed E-state index contributed by atoms with van der Waals surface area (Å²) in [6, 6.07) is 22.2. The van der Waals surface area contributed by atoms with Gasteiger partial charge < -0.3 is 10.1 Å². The van der Waals surface area contributed by atoms with Gasteiger partial charge in [-0.2, -0.15) is 5.10 Å². The van der Waals surface area contributed by atoms with Crippen LogP contribution >= 0.6 is 27.5 Å². The van der Waals surface area contributed by atoms with E-state index in [9.17, 15) is 9.59 Å². The Labute approximate surface area is 199 Å². The van der Waals surface area contributed by atoms with Crippen LogP contribution < -0.4 is 15.5 Å². The predicted octanol–water partition coefficient (Wildman–Crippen LogP) is 5.55. The number of hydrazone groups is 1. The SMILES string of the molecule is O=C(CCC(=O)Nc1cccc(Cl)c1)NN=Cc1ccc(OCc2ccccc2)c(Br)c1. The molecule has 2 N–H and O–H groups in total. The van der Waals surface area contributed by atoms with E-state index in [0.29, 0.717) is 23.1 Å². The number of amides is 2. The standard InChI is InChI=1S/C24H21BrClN3O3/c25-21-13-18(9-10-22(21)32-16-17-5-2-1-3-6-17)15-27-29-24(31)12-11-23(30)28-20-8-4-7-19(26)14-20/h1-10,13-15H,11-12,16H2,(H,28,30)(H,29,31). The van der Waals surface area contributed by atoms with Gasteiger partial charge in [-0.3, -0.25) is 9.59 Å². The van der Waals surface area contributed by atoms with Crippen LogP contribution in [0.3, 0.4) is 0 Å². The van der Waals surface area contributed by atoms with Crippen molar-refractivity contribution in [3.05, 3.63) is 93.4 Å². The fourth-order valence-electron chi connectivity index (χ4n) is 2.70. The molecule has 0 saturated heterocycles. The largest absolute Gasteiger partial charge is 0.488 e. The number of ether oxygens (including phenoxy) is 1. The minimum Gasteiger partial charge on any atom is -0.488 e. The number of carbonyl (C=O) groups excluding carboxylic acids is 2. The summed E-state index contributed by atoms with van der Waals surface area (Å²) in [4.78, 5) is 23.9. The van der Waals surface area contributed by atoms with Gasteiger partial charge in [-0.05, 0) is 63.5 Å². The van der Waals surface area contributed by atoms with Gasteiger partial charge in [-0.15, -0.1) is 0 Å². The maximum absolute atomic E-state index is 11.9. The Balaban J connectivity index is 1.42. The summed E-state index contributed by atoms with van der Waals surface area (Å²) in [6.07, 6.45) is 1.57. The van der Waals surface area contributed by atoms with Gasteiger partial charge in [0.1, 0.15) is 12.4 Å². The lowest BCUT2D eigenvalue weighted by Crippen LogP contribution is -2.20. The predicted molar refractivity (Wildman–Crippen MR) is 130 cm³/mol. The Morgan fingerprint density at radius 1 is 0.969 bits per heavy atom. The highest BCUT2D eigenvalue weighted by Gasteiger charge is 2.07. The second-order valence-corrected chi connectivity index (χ2v) is 8.11. The van der Waals surface area contributed by atoms with Crippen LogP contribution in [0.5, 0.6) is 5.75 Å². The van der Waals surface area contributed by atoms with Crippen LogP contribution in [-0.2, 0) is 16.2 Å². The quantitative estimate of drug-likeness (QED) is 0.290. The highest BCUT2D eigenvalue weighted by molar-refractivity contribution is 9.10. The molecule has 6 nitrogen and oxygen atoms in total. The van der Waals surface area contributed by atoms with E-state index in [4.69, 9.17) is 16.3 Å². The number of hydrogen-bond donors (Lipinski definition) is 2. The topological polar surface area (TPSA) is 79.8 Å². The molecular formula is C24H21BrClN3O3. The molecule has 0 unspecified atom stereocenters. The van der Waals surface area contributed by atoms with E-state index in [-0.39, 0.29) is 24.7 Å². The maximum Gasteiger partial charge on any atom is 0.240 e. The van der Waals surface area contributed by atoms with Crippen LogP contribution in [0.2, 0.25) is 5.02 Å². The summed E-state index contributed by atoms with van der Waals surface area (Å²) in [5, 5.41) is 7.16. The smallest absolute Gasteiger partial charge is 0.240 e. The molecule has 0 spiro atoms. The van der Waals surface area contributed by atoms with Gasteiger partial charge in [0, 0.05) is 23.6 Å². The summed E-state index contributed by atoms with van der Waals surface area (Å²) in [6.45, 7) is 0.466. The van der Waals surface area contributed by atoms with E-state index in [2.05, 4.69) is 31.8 Å². The van der Waals surface area contributed by atoms with Crippen molar-refractivity contribution in [1.29, 1.82) is 0 Å². The summed E-state index contributed by atoms with van der Waals surface area (Å²) in [5.74, 6) is 0.0755. The van der Waals surface area contributed by atoms with Crippen molar-refractivity contribution < 1.29 is 14.3 Å². The van der Waals surface area contributed by atoms with Crippen molar-refractivity contribution >= 4 is 51.2 Å². The Hall–Kier alpha value is -3.16. The van der Waals surface area contributed by atoms with E-state index in [1.807, 2.05) is 48.5 Å². The molecule has 0 saturated carbocycles. The van der Waals surface area contributed by atoms with Gasteiger partial charge in [0.15, 0.2) is 0 Å². The van der Waals surface area contributed by atoms with Crippen LogP contribution in [-0.4, -0.2) is 18.0 Å². The number of nitrogens with zero attached hydrogens (tertiary/aromatic N) is 1. The number of benzene rings is 3. The Bertz CT molecular complexity index is 1110. The van der Waals surface area contributed by atoms with Crippen LogP contribution in [0.1, 0.15) is 24.0 Å². The molecule has 3 aromatic rings. The number of carbonyl (C=O) groups is 2. The van der Waals surface area contributed by atoms with Crippen molar-refractivity contribution in [3.63, 3.8) is 0 Å². The molecule has 0 aromatic heterocycles. The first-order valence-electron chi connectivity index (χ1n) is 9.83. The van der Waals surface area contributed by atoms with Gasteiger partial charge >= 0.3 is 0 Å². The molecule has 0 bridgehead atoms. The summed E-state index contributed by atoms with van der Waals surface area (Å²) < 4.78 is 6.60. The molecule has 164 valence electrons. The van der Waals surface area contributed by atoms with Crippen LogP contribution in [0.15, 0.2) is 82.4 Å². The average molecular weight is 515 g/mol. The average Bonchev–Trinajstić information content (AvgIpc) is 2.78. The molecule has 0 aliphatic rings. The third kappa shape index (κ3) is 7.83. The summed E-state index contributed by atoms with van der Waals surface area (Å²) >= 11 is 9.37. The lowest BCUT2D eigenvalue weighted by atomic mass is 10.2. The van der Waals surface area contributed by atoms with Gasteiger partial charge in [0.25, 0.3) is 0 Å². The first-order chi connectivity index (χ1) is 15.5. The van der Waals surface area contributed by atoms with Crippen molar-refractivity contribution in [2.24, 2.45) is 5.10 Å². The first kappa shape index (κ1) is 23.5. The second-order valence-electron chi connectivity index (χ2n) is 6.82. The third-order valence-corrected chi connectivity index (χ3v) is 5.14. The van der Waals surface area contributed by atoms with E-state index in [1.54, 1.807) is 24.3 Å². The molecule has 3 aromatic carbocycles.